The maximum atomic E-state index is 12.7. The molecule has 1 aliphatic carbocycles. The fourth-order valence-corrected chi connectivity index (χ4v) is 3.47. The van der Waals surface area contributed by atoms with Crippen molar-refractivity contribution in [3.63, 3.8) is 0 Å². The van der Waals surface area contributed by atoms with Gasteiger partial charge in [0.25, 0.3) is 0 Å². The van der Waals surface area contributed by atoms with Crippen molar-refractivity contribution in [2.45, 2.75) is 32.7 Å². The highest BCUT2D eigenvalue weighted by molar-refractivity contribution is 6.01. The first-order valence-corrected chi connectivity index (χ1v) is 8.52. The Bertz CT molecular complexity index is 1110. The molecule has 2 heterocycles. The van der Waals surface area contributed by atoms with Crippen molar-refractivity contribution in [1.29, 1.82) is 0 Å². The first kappa shape index (κ1) is 16.3. The molecular weight excluding hydrogens is 330 g/mol. The predicted octanol–water partition coefficient (Wildman–Crippen LogP) is 3.30. The van der Waals surface area contributed by atoms with Crippen molar-refractivity contribution in [2.75, 3.05) is 5.73 Å². The lowest BCUT2D eigenvalue weighted by atomic mass is 9.96. The predicted molar refractivity (Wildman–Crippen MR) is 101 cm³/mol. The fourth-order valence-electron chi connectivity index (χ4n) is 3.47. The van der Waals surface area contributed by atoms with Gasteiger partial charge in [-0.25, -0.2) is 4.79 Å². The van der Waals surface area contributed by atoms with Crippen molar-refractivity contribution in [1.82, 2.24) is 9.55 Å². The van der Waals surface area contributed by atoms with E-state index in [1.54, 1.807) is 12.3 Å². The van der Waals surface area contributed by atoms with Gasteiger partial charge in [-0.15, -0.1) is 0 Å². The Balaban J connectivity index is 2.11. The minimum absolute atomic E-state index is 0.209. The quantitative estimate of drug-likeness (QED) is 0.707. The number of carboxylic acids is 1. The van der Waals surface area contributed by atoms with Gasteiger partial charge in [-0.05, 0) is 49.9 Å². The van der Waals surface area contributed by atoms with Crippen molar-refractivity contribution >= 4 is 22.6 Å². The van der Waals surface area contributed by atoms with Crippen molar-refractivity contribution in [3.05, 3.63) is 57.6 Å². The van der Waals surface area contributed by atoms with Crippen LogP contribution in [0, 0.1) is 13.8 Å². The first-order valence-electron chi connectivity index (χ1n) is 8.52. The standard InChI is InChI=1S/C20H19N3O3/c1-10-3-4-12(8-22-10)14-7-16(21)17-18(11(14)2)23(13-5-6-13)9-15(19(17)24)20(25)26/h3-4,7-9,13H,5-6,21H2,1-2H3,(H,25,26). The molecule has 26 heavy (non-hydrogen) atoms. The fraction of sp³-hybridized carbons (Fsp3) is 0.250. The molecule has 6 nitrogen and oxygen atoms in total. The average Bonchev–Trinajstić information content (AvgIpc) is 3.43. The van der Waals surface area contributed by atoms with E-state index in [1.165, 1.54) is 6.20 Å². The summed E-state index contributed by atoms with van der Waals surface area (Å²) in [5, 5.41) is 9.70. The summed E-state index contributed by atoms with van der Waals surface area (Å²) in [4.78, 5) is 28.6. The molecule has 3 aromatic rings. The third kappa shape index (κ3) is 2.45. The zero-order valence-electron chi connectivity index (χ0n) is 14.6. The molecule has 0 radical (unpaired) electrons. The molecule has 1 aliphatic rings. The first-order chi connectivity index (χ1) is 12.4. The molecule has 132 valence electrons. The maximum Gasteiger partial charge on any atom is 0.341 e. The van der Waals surface area contributed by atoms with Gasteiger partial charge in [0.05, 0.1) is 10.9 Å². The largest absolute Gasteiger partial charge is 0.477 e. The van der Waals surface area contributed by atoms with E-state index >= 15 is 0 Å². The molecule has 0 bridgehead atoms. The second kappa shape index (κ2) is 5.69. The number of rotatable bonds is 3. The molecule has 6 heteroatoms. The SMILES string of the molecule is Cc1ccc(-c2cc(N)c3c(=O)c(C(=O)O)cn(C4CC4)c3c2C)cn1. The minimum atomic E-state index is -1.23. The van der Waals surface area contributed by atoms with Crippen LogP contribution in [0.5, 0.6) is 0 Å². The number of hydrogen-bond acceptors (Lipinski definition) is 4. The average molecular weight is 349 g/mol. The van der Waals surface area contributed by atoms with E-state index in [0.717, 1.165) is 40.7 Å². The number of anilines is 1. The van der Waals surface area contributed by atoms with Gasteiger partial charge in [-0.3, -0.25) is 9.78 Å². The Labute approximate surface area is 149 Å². The van der Waals surface area contributed by atoms with E-state index in [4.69, 9.17) is 5.73 Å². The Kier molecular flexibility index (Phi) is 3.57. The Morgan fingerprint density at radius 2 is 2.04 bits per heavy atom. The highest BCUT2D eigenvalue weighted by Crippen LogP contribution is 2.40. The second-order valence-electron chi connectivity index (χ2n) is 6.87. The van der Waals surface area contributed by atoms with Crippen LogP contribution in [0.3, 0.4) is 0 Å². The normalized spacial score (nSPS) is 13.9. The number of carbonyl (C=O) groups is 1. The molecule has 4 rings (SSSR count). The van der Waals surface area contributed by atoms with E-state index in [-0.39, 0.29) is 17.0 Å². The van der Waals surface area contributed by atoms with Crippen molar-refractivity contribution in [3.8, 4) is 11.1 Å². The smallest absolute Gasteiger partial charge is 0.341 e. The Hall–Kier alpha value is -3.15. The lowest BCUT2D eigenvalue weighted by molar-refractivity contribution is 0.0695. The number of nitrogen functional groups attached to an aromatic ring is 1. The number of carboxylic acid groups (broad SMARTS) is 1. The molecule has 0 spiro atoms. The van der Waals surface area contributed by atoms with Crippen molar-refractivity contribution in [2.24, 2.45) is 0 Å². The van der Waals surface area contributed by atoms with Crippen LogP contribution < -0.4 is 11.2 Å². The number of hydrogen-bond donors (Lipinski definition) is 2. The summed E-state index contributed by atoms with van der Waals surface area (Å²) in [6.45, 7) is 3.86. The van der Waals surface area contributed by atoms with Gasteiger partial charge in [-0.1, -0.05) is 6.07 Å². The highest BCUT2D eigenvalue weighted by Gasteiger charge is 2.28. The van der Waals surface area contributed by atoms with Crippen molar-refractivity contribution < 1.29 is 9.90 Å². The van der Waals surface area contributed by atoms with Gasteiger partial charge in [0, 0.05) is 35.4 Å². The van der Waals surface area contributed by atoms with Crippen LogP contribution in [-0.2, 0) is 0 Å². The van der Waals surface area contributed by atoms with Gasteiger partial charge < -0.3 is 15.4 Å². The molecule has 0 amide bonds. The summed E-state index contributed by atoms with van der Waals surface area (Å²) >= 11 is 0. The third-order valence-corrected chi connectivity index (χ3v) is 4.98. The van der Waals surface area contributed by atoms with Crippen LogP contribution >= 0.6 is 0 Å². The lowest BCUT2D eigenvalue weighted by Crippen LogP contribution is -2.20. The molecule has 0 aliphatic heterocycles. The van der Waals surface area contributed by atoms with E-state index in [0.29, 0.717) is 5.69 Å². The molecule has 0 unspecified atom stereocenters. The number of nitrogens with zero attached hydrogens (tertiary/aromatic N) is 2. The molecule has 2 aromatic heterocycles. The zero-order valence-corrected chi connectivity index (χ0v) is 14.6. The summed E-state index contributed by atoms with van der Waals surface area (Å²) < 4.78 is 1.91. The van der Waals surface area contributed by atoms with Crippen LogP contribution in [-0.4, -0.2) is 20.6 Å². The van der Waals surface area contributed by atoms with Gasteiger partial charge >= 0.3 is 5.97 Å². The van der Waals surface area contributed by atoms with Crippen LogP contribution in [0.25, 0.3) is 22.0 Å². The van der Waals surface area contributed by atoms with Crippen LogP contribution in [0.2, 0.25) is 0 Å². The zero-order chi connectivity index (χ0) is 18.6. The number of pyridine rings is 2. The van der Waals surface area contributed by atoms with E-state index in [9.17, 15) is 14.7 Å². The number of aromatic carboxylic acids is 1. The minimum Gasteiger partial charge on any atom is -0.477 e. The molecular formula is C20H19N3O3. The number of nitrogens with two attached hydrogens (primary N) is 1. The topological polar surface area (TPSA) is 98.2 Å². The summed E-state index contributed by atoms with van der Waals surface area (Å²) in [5.74, 6) is -1.23. The van der Waals surface area contributed by atoms with Gasteiger partial charge in [0.1, 0.15) is 5.56 Å². The third-order valence-electron chi connectivity index (χ3n) is 4.98. The summed E-state index contributed by atoms with van der Waals surface area (Å²) in [5.41, 5.74) is 10.1. The summed E-state index contributed by atoms with van der Waals surface area (Å²) in [7, 11) is 0. The van der Waals surface area contributed by atoms with Crippen LogP contribution in [0.1, 0.15) is 40.5 Å². The Morgan fingerprint density at radius 3 is 2.62 bits per heavy atom. The molecule has 0 atom stereocenters. The number of aryl methyl sites for hydroxylation is 2. The maximum absolute atomic E-state index is 12.7. The summed E-state index contributed by atoms with van der Waals surface area (Å²) in [6.07, 6.45) is 5.18. The van der Waals surface area contributed by atoms with E-state index in [2.05, 4.69) is 4.98 Å². The number of benzene rings is 1. The monoisotopic (exact) mass is 349 g/mol. The molecule has 1 aromatic carbocycles. The van der Waals surface area contributed by atoms with Crippen LogP contribution in [0.15, 0.2) is 35.4 Å². The van der Waals surface area contributed by atoms with E-state index < -0.39 is 11.4 Å². The second-order valence-corrected chi connectivity index (χ2v) is 6.87. The lowest BCUT2D eigenvalue weighted by Gasteiger charge is -2.18. The highest BCUT2D eigenvalue weighted by atomic mass is 16.4. The molecule has 0 saturated heterocycles. The Morgan fingerprint density at radius 1 is 1.31 bits per heavy atom. The van der Waals surface area contributed by atoms with Crippen LogP contribution in [0.4, 0.5) is 5.69 Å². The number of aromatic nitrogens is 2. The molecule has 1 fully saturated rings. The van der Waals surface area contributed by atoms with Gasteiger partial charge in [0.2, 0.25) is 5.43 Å². The summed E-state index contributed by atoms with van der Waals surface area (Å²) in [6, 6.07) is 5.85. The molecule has 1 saturated carbocycles. The van der Waals surface area contributed by atoms with E-state index in [1.807, 2.05) is 30.5 Å². The molecule has 3 N–H and O–H groups in total. The number of fused-ring (bicyclic) bond motifs is 1. The van der Waals surface area contributed by atoms with Gasteiger partial charge in [0.15, 0.2) is 0 Å². The van der Waals surface area contributed by atoms with Gasteiger partial charge in [-0.2, -0.15) is 0 Å².